The van der Waals surface area contributed by atoms with E-state index in [4.69, 9.17) is 0 Å². The van der Waals surface area contributed by atoms with Crippen LogP contribution in [0.25, 0.3) is 0 Å². The second kappa shape index (κ2) is 7.02. The van der Waals surface area contributed by atoms with Gasteiger partial charge in [0.15, 0.2) is 0 Å². The molecule has 0 aliphatic rings. The van der Waals surface area contributed by atoms with E-state index in [0.29, 0.717) is 5.33 Å². The molecule has 3 aromatic rings. The van der Waals surface area contributed by atoms with Crippen LogP contribution in [0.15, 0.2) is 84.9 Å². The van der Waals surface area contributed by atoms with Crippen LogP contribution in [0.3, 0.4) is 0 Å². The summed E-state index contributed by atoms with van der Waals surface area (Å²) in [7, 11) is 0. The van der Waals surface area contributed by atoms with Crippen molar-refractivity contribution in [1.82, 2.24) is 0 Å². The zero-order valence-corrected chi connectivity index (χ0v) is 14.6. The average Bonchev–Trinajstić information content (AvgIpc) is 2.64. The first-order chi connectivity index (χ1) is 11.7. The van der Waals surface area contributed by atoms with Crippen LogP contribution in [0.5, 0.6) is 0 Å². The van der Waals surface area contributed by atoms with E-state index in [9.17, 15) is 9.90 Å². The minimum absolute atomic E-state index is 0.595. The second-order valence-electron chi connectivity index (χ2n) is 5.58. The van der Waals surface area contributed by atoms with Crippen molar-refractivity contribution in [3.8, 4) is 0 Å². The van der Waals surface area contributed by atoms with Gasteiger partial charge in [0.05, 0.1) is 0 Å². The van der Waals surface area contributed by atoms with Crippen LogP contribution in [0, 0.1) is 0 Å². The van der Waals surface area contributed by atoms with Crippen molar-refractivity contribution in [3.63, 3.8) is 0 Å². The zero-order valence-electron chi connectivity index (χ0n) is 13.0. The van der Waals surface area contributed by atoms with Crippen molar-refractivity contribution in [2.45, 2.75) is 10.7 Å². The van der Waals surface area contributed by atoms with E-state index < -0.39 is 11.4 Å². The molecule has 1 N–H and O–H groups in total. The van der Waals surface area contributed by atoms with Crippen LogP contribution in [0.4, 0.5) is 0 Å². The smallest absolute Gasteiger partial charge is 0.323 e. The molecule has 0 aromatic heterocycles. The Bertz CT molecular complexity index is 789. The lowest BCUT2D eigenvalue weighted by Gasteiger charge is -2.33. The fourth-order valence-corrected chi connectivity index (χ4v) is 3.71. The first-order valence-corrected chi connectivity index (χ1v) is 8.82. The lowest BCUT2D eigenvalue weighted by atomic mass is 9.68. The molecule has 0 unspecified atom stereocenters. The van der Waals surface area contributed by atoms with Gasteiger partial charge in [-0.15, -0.1) is 0 Å². The van der Waals surface area contributed by atoms with Crippen molar-refractivity contribution >= 4 is 21.9 Å². The number of carboxylic acids is 1. The van der Waals surface area contributed by atoms with Crippen molar-refractivity contribution < 1.29 is 9.90 Å². The number of hydrogen-bond donors (Lipinski definition) is 1. The van der Waals surface area contributed by atoms with Crippen molar-refractivity contribution in [1.29, 1.82) is 0 Å². The summed E-state index contributed by atoms with van der Waals surface area (Å²) in [5.74, 6) is -0.881. The van der Waals surface area contributed by atoms with E-state index in [1.54, 1.807) is 0 Å². The number of carbonyl (C=O) groups is 1. The molecule has 3 aromatic carbocycles. The molecule has 0 bridgehead atoms. The molecule has 0 saturated carbocycles. The highest BCUT2D eigenvalue weighted by Crippen LogP contribution is 2.41. The quantitative estimate of drug-likeness (QED) is 0.499. The van der Waals surface area contributed by atoms with Crippen LogP contribution in [-0.4, -0.2) is 11.1 Å². The molecule has 0 aliphatic carbocycles. The molecule has 2 nitrogen and oxygen atoms in total. The molecule has 120 valence electrons. The molecule has 0 radical (unpaired) electrons. The zero-order chi connectivity index (χ0) is 17.0. The summed E-state index contributed by atoms with van der Waals surface area (Å²) >= 11 is 3.50. The Morgan fingerprint density at radius 2 is 1.25 bits per heavy atom. The molecule has 0 spiro atoms. The van der Waals surface area contributed by atoms with Crippen LogP contribution in [-0.2, 0) is 15.5 Å². The predicted molar refractivity (Wildman–Crippen MR) is 99.5 cm³/mol. The topological polar surface area (TPSA) is 37.3 Å². The van der Waals surface area contributed by atoms with E-state index in [0.717, 1.165) is 22.3 Å². The van der Waals surface area contributed by atoms with Crippen molar-refractivity contribution in [2.24, 2.45) is 0 Å². The Balaban J connectivity index is 2.42. The largest absolute Gasteiger partial charge is 0.480 e. The first-order valence-electron chi connectivity index (χ1n) is 7.70. The third-order valence-electron chi connectivity index (χ3n) is 4.30. The number of rotatable bonds is 5. The lowest BCUT2D eigenvalue weighted by molar-refractivity contribution is -0.140. The van der Waals surface area contributed by atoms with Crippen LogP contribution < -0.4 is 0 Å². The van der Waals surface area contributed by atoms with Crippen LogP contribution in [0.2, 0.25) is 0 Å². The van der Waals surface area contributed by atoms with Gasteiger partial charge in [0.2, 0.25) is 0 Å². The van der Waals surface area contributed by atoms with Crippen LogP contribution in [0.1, 0.15) is 22.3 Å². The van der Waals surface area contributed by atoms with Gasteiger partial charge in [0.25, 0.3) is 0 Å². The Kier molecular flexibility index (Phi) is 4.81. The van der Waals surface area contributed by atoms with E-state index in [1.807, 2.05) is 84.9 Å². The number of aliphatic carboxylic acids is 1. The van der Waals surface area contributed by atoms with E-state index in [1.165, 1.54) is 0 Å². The van der Waals surface area contributed by atoms with E-state index in [2.05, 4.69) is 15.9 Å². The van der Waals surface area contributed by atoms with Crippen LogP contribution >= 0.6 is 15.9 Å². The Morgan fingerprint density at radius 3 is 1.71 bits per heavy atom. The van der Waals surface area contributed by atoms with Gasteiger partial charge in [-0.2, -0.15) is 0 Å². The molecule has 0 amide bonds. The summed E-state index contributed by atoms with van der Waals surface area (Å²) in [4.78, 5) is 12.7. The van der Waals surface area contributed by atoms with Gasteiger partial charge in [0.1, 0.15) is 5.41 Å². The summed E-state index contributed by atoms with van der Waals surface area (Å²) in [5.41, 5.74) is 2.00. The maximum atomic E-state index is 12.7. The standard InChI is InChI=1S/C21H17BrO2/c22-15-16-9-7-8-14-19(16)21(20(23)24,17-10-3-1-4-11-17)18-12-5-2-6-13-18/h1-14H,15H2,(H,23,24). The number of benzene rings is 3. The summed E-state index contributed by atoms with van der Waals surface area (Å²) in [6, 6.07) is 26.6. The Hall–Kier alpha value is -2.39. The highest BCUT2D eigenvalue weighted by molar-refractivity contribution is 9.08. The predicted octanol–water partition coefficient (Wildman–Crippen LogP) is 5.00. The van der Waals surface area contributed by atoms with Gasteiger partial charge in [-0.05, 0) is 22.3 Å². The molecule has 0 saturated heterocycles. The highest BCUT2D eigenvalue weighted by atomic mass is 79.9. The second-order valence-corrected chi connectivity index (χ2v) is 6.14. The Labute approximate surface area is 149 Å². The number of halogens is 1. The molecular weight excluding hydrogens is 364 g/mol. The van der Waals surface area contributed by atoms with E-state index in [-0.39, 0.29) is 0 Å². The normalized spacial score (nSPS) is 11.2. The average molecular weight is 381 g/mol. The van der Waals surface area contributed by atoms with Gasteiger partial charge in [-0.1, -0.05) is 101 Å². The minimum Gasteiger partial charge on any atom is -0.480 e. The third kappa shape index (κ3) is 2.65. The third-order valence-corrected chi connectivity index (χ3v) is 4.90. The van der Waals surface area contributed by atoms with E-state index >= 15 is 0 Å². The number of hydrogen-bond acceptors (Lipinski definition) is 1. The molecule has 3 rings (SSSR count). The Morgan fingerprint density at radius 1 is 0.792 bits per heavy atom. The summed E-state index contributed by atoms with van der Waals surface area (Å²) in [6.45, 7) is 0. The highest BCUT2D eigenvalue weighted by Gasteiger charge is 2.45. The molecule has 3 heteroatoms. The fourth-order valence-electron chi connectivity index (χ4n) is 3.22. The van der Waals surface area contributed by atoms with Gasteiger partial charge >= 0.3 is 5.97 Å². The van der Waals surface area contributed by atoms with Crippen molar-refractivity contribution in [2.75, 3.05) is 0 Å². The monoisotopic (exact) mass is 380 g/mol. The summed E-state index contributed by atoms with van der Waals surface area (Å²) in [5, 5.41) is 11.0. The maximum absolute atomic E-state index is 12.7. The van der Waals surface area contributed by atoms with Gasteiger partial charge in [-0.3, -0.25) is 4.79 Å². The number of carboxylic acid groups (broad SMARTS) is 1. The van der Waals surface area contributed by atoms with Gasteiger partial charge in [0, 0.05) is 5.33 Å². The summed E-state index contributed by atoms with van der Waals surface area (Å²) in [6.07, 6.45) is 0. The minimum atomic E-state index is -1.24. The molecule has 0 aliphatic heterocycles. The molecule has 24 heavy (non-hydrogen) atoms. The maximum Gasteiger partial charge on any atom is 0.323 e. The number of alkyl halides is 1. The SMILES string of the molecule is O=C(O)C(c1ccccc1)(c1ccccc1)c1ccccc1CBr. The lowest BCUT2D eigenvalue weighted by Crippen LogP contribution is -2.39. The van der Waals surface area contributed by atoms with Crippen molar-refractivity contribution in [3.05, 3.63) is 107 Å². The molecule has 0 heterocycles. The molecule has 0 fully saturated rings. The summed E-state index contributed by atoms with van der Waals surface area (Å²) < 4.78 is 0. The van der Waals surface area contributed by atoms with Gasteiger partial charge < -0.3 is 5.11 Å². The molecule has 0 atom stereocenters. The molecular formula is C21H17BrO2. The van der Waals surface area contributed by atoms with Gasteiger partial charge in [-0.25, -0.2) is 0 Å². The first kappa shape index (κ1) is 16.5. The fraction of sp³-hybridized carbons (Fsp3) is 0.0952.